The van der Waals surface area contributed by atoms with Crippen LogP contribution in [0.25, 0.3) is 0 Å². The Labute approximate surface area is 106 Å². The monoisotopic (exact) mass is 274 g/mol. The van der Waals surface area contributed by atoms with Gasteiger partial charge in [0.05, 0.1) is 17.0 Å². The van der Waals surface area contributed by atoms with Gasteiger partial charge in [0.2, 0.25) is 0 Å². The molecule has 0 aliphatic carbocycles. The van der Waals surface area contributed by atoms with E-state index in [1.807, 2.05) is 5.38 Å². The van der Waals surface area contributed by atoms with E-state index in [1.165, 1.54) is 0 Å². The van der Waals surface area contributed by atoms with Crippen molar-refractivity contribution in [3.63, 3.8) is 0 Å². The van der Waals surface area contributed by atoms with Crippen LogP contribution in [0.4, 0.5) is 0 Å². The molecule has 17 heavy (non-hydrogen) atoms. The molecule has 2 rings (SSSR count). The van der Waals surface area contributed by atoms with Gasteiger partial charge in [-0.25, -0.2) is 13.4 Å². The van der Waals surface area contributed by atoms with E-state index < -0.39 is 9.84 Å². The average molecular weight is 274 g/mol. The number of hydrogen-bond donors (Lipinski definition) is 1. The number of nitrogens with zero attached hydrogens (tertiary/aromatic N) is 1. The second-order valence-electron chi connectivity index (χ2n) is 4.50. The number of hydrogen-bond acceptors (Lipinski definition) is 5. The Morgan fingerprint density at radius 1 is 1.47 bits per heavy atom. The van der Waals surface area contributed by atoms with Crippen LogP contribution in [-0.2, 0) is 15.4 Å². The molecule has 0 amide bonds. The van der Waals surface area contributed by atoms with Crippen molar-refractivity contribution in [1.82, 2.24) is 10.3 Å². The first kappa shape index (κ1) is 13.0. The zero-order chi connectivity index (χ0) is 12.4. The first-order chi connectivity index (χ1) is 8.08. The number of aromatic nitrogens is 1. The largest absolute Gasteiger partial charge is 0.305 e. The Hall–Kier alpha value is -0.460. The van der Waals surface area contributed by atoms with Crippen molar-refractivity contribution in [1.29, 1.82) is 0 Å². The van der Waals surface area contributed by atoms with E-state index in [9.17, 15) is 8.42 Å². The summed E-state index contributed by atoms with van der Waals surface area (Å²) in [6, 6.07) is 0. The van der Waals surface area contributed by atoms with Crippen LogP contribution in [0, 0.1) is 0 Å². The van der Waals surface area contributed by atoms with E-state index in [-0.39, 0.29) is 17.0 Å². The summed E-state index contributed by atoms with van der Waals surface area (Å²) in [7, 11) is -2.83. The first-order valence-corrected chi connectivity index (χ1v) is 8.63. The number of sulfone groups is 1. The highest BCUT2D eigenvalue weighted by Crippen LogP contribution is 2.35. The minimum absolute atomic E-state index is 0.213. The topological polar surface area (TPSA) is 59.1 Å². The molecule has 1 fully saturated rings. The predicted molar refractivity (Wildman–Crippen MR) is 70.0 cm³/mol. The molecule has 96 valence electrons. The van der Waals surface area contributed by atoms with Crippen LogP contribution in [0.1, 0.15) is 31.2 Å². The molecule has 1 saturated heterocycles. The minimum atomic E-state index is -2.83. The van der Waals surface area contributed by atoms with E-state index in [0.29, 0.717) is 12.8 Å². The third-order valence-corrected chi connectivity index (χ3v) is 5.86. The highest BCUT2D eigenvalue weighted by Gasteiger charge is 2.39. The molecule has 1 aliphatic heterocycles. The molecule has 0 unspecified atom stereocenters. The van der Waals surface area contributed by atoms with Crippen LogP contribution in [0.15, 0.2) is 11.6 Å². The van der Waals surface area contributed by atoms with Crippen LogP contribution >= 0.6 is 11.3 Å². The zero-order valence-corrected chi connectivity index (χ0v) is 11.6. The second-order valence-corrected chi connectivity index (χ2v) is 7.70. The van der Waals surface area contributed by atoms with Crippen molar-refractivity contribution in [2.45, 2.75) is 31.7 Å². The van der Waals surface area contributed by atoms with Gasteiger partial charge in [-0.1, -0.05) is 6.92 Å². The van der Waals surface area contributed by atoms with Crippen molar-refractivity contribution in [3.05, 3.63) is 16.6 Å². The number of rotatable bonds is 4. The van der Waals surface area contributed by atoms with Crippen molar-refractivity contribution < 1.29 is 8.42 Å². The van der Waals surface area contributed by atoms with Crippen LogP contribution < -0.4 is 5.32 Å². The quantitative estimate of drug-likeness (QED) is 0.905. The summed E-state index contributed by atoms with van der Waals surface area (Å²) in [5.74, 6) is 0.534. The maximum atomic E-state index is 11.5. The Morgan fingerprint density at radius 2 is 2.18 bits per heavy atom. The van der Waals surface area contributed by atoms with Gasteiger partial charge in [0, 0.05) is 11.6 Å². The number of nitrogens with one attached hydrogen (secondary N) is 1. The lowest BCUT2D eigenvalue weighted by Gasteiger charge is -2.36. The lowest BCUT2D eigenvalue weighted by Crippen LogP contribution is -2.48. The normalized spacial score (nSPS) is 22.4. The van der Waals surface area contributed by atoms with E-state index in [4.69, 9.17) is 0 Å². The van der Waals surface area contributed by atoms with Gasteiger partial charge in [0.25, 0.3) is 0 Å². The van der Waals surface area contributed by atoms with Crippen LogP contribution in [-0.4, -0.2) is 31.5 Å². The van der Waals surface area contributed by atoms with E-state index in [2.05, 4.69) is 17.2 Å². The van der Waals surface area contributed by atoms with E-state index in [1.54, 1.807) is 17.5 Å². The van der Waals surface area contributed by atoms with Gasteiger partial charge in [0.15, 0.2) is 0 Å². The molecule has 6 heteroatoms. The zero-order valence-electron chi connectivity index (χ0n) is 9.98. The van der Waals surface area contributed by atoms with Gasteiger partial charge in [-0.2, -0.15) is 0 Å². The van der Waals surface area contributed by atoms with E-state index in [0.717, 1.165) is 18.0 Å². The molecule has 0 aromatic carbocycles. The molecule has 1 aromatic heterocycles. The van der Waals surface area contributed by atoms with Gasteiger partial charge < -0.3 is 5.32 Å². The fourth-order valence-electron chi connectivity index (χ4n) is 2.18. The first-order valence-electron chi connectivity index (χ1n) is 5.93. The summed E-state index contributed by atoms with van der Waals surface area (Å²) in [5, 5.41) is 6.49. The highest BCUT2D eigenvalue weighted by molar-refractivity contribution is 7.91. The number of thiazole rings is 1. The summed E-state index contributed by atoms with van der Waals surface area (Å²) < 4.78 is 23.1. The highest BCUT2D eigenvalue weighted by atomic mass is 32.2. The Balaban J connectivity index is 2.21. The SMILES string of the molecule is CCCNC1(c2nccs2)CCS(=O)(=O)CC1. The summed E-state index contributed by atoms with van der Waals surface area (Å²) >= 11 is 1.61. The van der Waals surface area contributed by atoms with Gasteiger partial charge in [-0.15, -0.1) is 11.3 Å². The molecule has 2 heterocycles. The van der Waals surface area contributed by atoms with Crippen LogP contribution in [0.2, 0.25) is 0 Å². The minimum Gasteiger partial charge on any atom is -0.305 e. The lowest BCUT2D eigenvalue weighted by atomic mass is 9.93. The van der Waals surface area contributed by atoms with Gasteiger partial charge in [-0.05, 0) is 25.8 Å². The fraction of sp³-hybridized carbons (Fsp3) is 0.727. The molecule has 1 aromatic rings. The third-order valence-electron chi connectivity index (χ3n) is 3.23. The second kappa shape index (κ2) is 5.04. The Morgan fingerprint density at radius 3 is 2.71 bits per heavy atom. The summed E-state index contributed by atoms with van der Waals surface area (Å²) in [6.07, 6.45) is 4.12. The Bertz CT molecular complexity index is 440. The van der Waals surface area contributed by atoms with Crippen molar-refractivity contribution >= 4 is 21.2 Å². The maximum Gasteiger partial charge on any atom is 0.150 e. The molecule has 0 atom stereocenters. The molecule has 0 spiro atoms. The lowest BCUT2D eigenvalue weighted by molar-refractivity contribution is 0.300. The molecular weight excluding hydrogens is 256 g/mol. The smallest absolute Gasteiger partial charge is 0.150 e. The molecular formula is C11H18N2O2S2. The van der Waals surface area contributed by atoms with Gasteiger partial charge >= 0.3 is 0 Å². The summed E-state index contributed by atoms with van der Waals surface area (Å²) in [4.78, 5) is 4.37. The standard InChI is InChI=1S/C11H18N2O2S2/c1-2-5-13-11(10-12-6-7-16-10)3-8-17(14,15)9-4-11/h6-7,13H,2-5,8-9H2,1H3. The van der Waals surface area contributed by atoms with Crippen LogP contribution in [0.3, 0.4) is 0 Å². The van der Waals surface area contributed by atoms with Crippen molar-refractivity contribution in [3.8, 4) is 0 Å². The molecule has 1 N–H and O–H groups in total. The molecule has 0 saturated carbocycles. The van der Waals surface area contributed by atoms with Crippen molar-refractivity contribution in [2.24, 2.45) is 0 Å². The molecule has 0 bridgehead atoms. The third kappa shape index (κ3) is 2.86. The molecule has 1 aliphatic rings. The van der Waals surface area contributed by atoms with Crippen molar-refractivity contribution in [2.75, 3.05) is 18.1 Å². The van der Waals surface area contributed by atoms with Gasteiger partial charge in [-0.3, -0.25) is 0 Å². The van der Waals surface area contributed by atoms with Crippen LogP contribution in [0.5, 0.6) is 0 Å². The predicted octanol–water partition coefficient (Wildman–Crippen LogP) is 1.55. The maximum absolute atomic E-state index is 11.5. The average Bonchev–Trinajstić information content (AvgIpc) is 2.83. The summed E-state index contributed by atoms with van der Waals surface area (Å²) in [6.45, 7) is 3.02. The molecule has 0 radical (unpaired) electrons. The van der Waals surface area contributed by atoms with Gasteiger partial charge in [0.1, 0.15) is 14.8 Å². The summed E-state index contributed by atoms with van der Waals surface area (Å²) in [5.41, 5.74) is -0.213. The van der Waals surface area contributed by atoms with E-state index >= 15 is 0 Å². The fourth-order valence-corrected chi connectivity index (χ4v) is 4.57. The Kier molecular flexibility index (Phi) is 3.85. The molecule has 4 nitrogen and oxygen atoms in total.